The number of hydrogen-bond donors (Lipinski definition) is 4. The van der Waals surface area contributed by atoms with Gasteiger partial charge in [-0.15, -0.1) is 0 Å². The zero-order chi connectivity index (χ0) is 19.0. The fraction of sp³-hybridized carbons (Fsp3) is 0.278. The molecule has 1 aromatic carbocycles. The molecule has 9 heteroatoms. The molecule has 1 aliphatic heterocycles. The lowest BCUT2D eigenvalue weighted by Gasteiger charge is -2.15. The summed E-state index contributed by atoms with van der Waals surface area (Å²) in [6.07, 6.45) is 1.66. The maximum absolute atomic E-state index is 12.2. The highest BCUT2D eigenvalue weighted by molar-refractivity contribution is 5.77. The van der Waals surface area contributed by atoms with Gasteiger partial charge < -0.3 is 20.7 Å². The molecule has 1 saturated heterocycles. The molecule has 0 aliphatic carbocycles. The van der Waals surface area contributed by atoms with E-state index in [4.69, 9.17) is 10.5 Å². The number of nitrogens with one attached hydrogen (secondary N) is 1. The Kier molecular flexibility index (Phi) is 4.48. The number of aromatic amines is 1. The molecule has 27 heavy (non-hydrogen) atoms. The zero-order valence-corrected chi connectivity index (χ0v) is 14.3. The van der Waals surface area contributed by atoms with Crippen LogP contribution >= 0.6 is 0 Å². The van der Waals surface area contributed by atoms with E-state index in [-0.39, 0.29) is 30.1 Å². The summed E-state index contributed by atoms with van der Waals surface area (Å²) >= 11 is 0. The van der Waals surface area contributed by atoms with Gasteiger partial charge in [-0.3, -0.25) is 14.3 Å². The predicted molar refractivity (Wildman–Crippen MR) is 99.6 cm³/mol. The van der Waals surface area contributed by atoms with E-state index in [2.05, 4.69) is 15.0 Å². The highest BCUT2D eigenvalue weighted by Crippen LogP contribution is 2.32. The highest BCUT2D eigenvalue weighted by atomic mass is 16.5. The van der Waals surface area contributed by atoms with Gasteiger partial charge in [0.2, 0.25) is 5.95 Å². The molecule has 0 amide bonds. The van der Waals surface area contributed by atoms with Gasteiger partial charge in [0.1, 0.15) is 18.2 Å². The topological polar surface area (TPSA) is 139 Å². The Morgan fingerprint density at radius 2 is 2.07 bits per heavy atom. The maximum Gasteiger partial charge on any atom is 0.280 e. The fourth-order valence-corrected chi connectivity index (χ4v) is 3.19. The molecule has 3 aromatic rings. The van der Waals surface area contributed by atoms with E-state index in [1.165, 1.54) is 0 Å². The van der Waals surface area contributed by atoms with Crippen molar-refractivity contribution in [1.82, 2.24) is 19.5 Å². The Hall–Kier alpha value is -3.01. The van der Waals surface area contributed by atoms with E-state index >= 15 is 0 Å². The van der Waals surface area contributed by atoms with Crippen molar-refractivity contribution in [3.05, 3.63) is 52.1 Å². The third-order valence-electron chi connectivity index (χ3n) is 4.49. The molecular formula is C18H19N5O4. The van der Waals surface area contributed by atoms with Crippen LogP contribution in [0.4, 0.5) is 5.95 Å². The third-order valence-corrected chi connectivity index (χ3v) is 4.49. The first-order chi connectivity index (χ1) is 13.1. The Labute approximate surface area is 153 Å². The van der Waals surface area contributed by atoms with E-state index in [1.54, 1.807) is 10.6 Å². The minimum absolute atomic E-state index is 0.0375. The van der Waals surface area contributed by atoms with Gasteiger partial charge in [0.05, 0.1) is 12.7 Å². The molecular weight excluding hydrogens is 350 g/mol. The first-order valence-electron chi connectivity index (χ1n) is 8.52. The second kappa shape index (κ2) is 6.95. The molecule has 2 aromatic heterocycles. The van der Waals surface area contributed by atoms with E-state index < -0.39 is 24.0 Å². The van der Waals surface area contributed by atoms with Crippen LogP contribution in [0.2, 0.25) is 0 Å². The van der Waals surface area contributed by atoms with Crippen LogP contribution in [0.25, 0.3) is 23.3 Å². The summed E-state index contributed by atoms with van der Waals surface area (Å²) in [7, 11) is 0. The summed E-state index contributed by atoms with van der Waals surface area (Å²) in [5.74, 6) is 0.401. The summed E-state index contributed by atoms with van der Waals surface area (Å²) < 4.78 is 7.37. The fourth-order valence-electron chi connectivity index (χ4n) is 3.19. The number of nitrogens with zero attached hydrogens (tertiary/aromatic N) is 3. The van der Waals surface area contributed by atoms with E-state index in [9.17, 15) is 15.0 Å². The number of aliphatic hydroxyl groups excluding tert-OH is 2. The molecule has 1 aliphatic rings. The van der Waals surface area contributed by atoms with Crippen LogP contribution in [0, 0.1) is 0 Å². The molecule has 0 radical (unpaired) electrons. The van der Waals surface area contributed by atoms with Crippen LogP contribution in [0.5, 0.6) is 0 Å². The molecule has 140 valence electrons. The Balaban J connectivity index is 1.84. The molecule has 9 nitrogen and oxygen atoms in total. The van der Waals surface area contributed by atoms with E-state index in [0.717, 1.165) is 5.56 Å². The van der Waals surface area contributed by atoms with Crippen molar-refractivity contribution in [2.75, 3.05) is 12.3 Å². The van der Waals surface area contributed by atoms with Crippen molar-refractivity contribution in [2.24, 2.45) is 0 Å². The molecule has 0 saturated carbocycles. The monoisotopic (exact) mass is 369 g/mol. The number of anilines is 1. The second-order valence-corrected chi connectivity index (χ2v) is 6.32. The van der Waals surface area contributed by atoms with E-state index in [0.29, 0.717) is 5.82 Å². The average Bonchev–Trinajstić information content (AvgIpc) is 3.20. The molecule has 3 atom stereocenters. The minimum Gasteiger partial charge on any atom is -0.394 e. The number of benzene rings is 1. The highest BCUT2D eigenvalue weighted by Gasteiger charge is 2.36. The molecule has 0 spiro atoms. The van der Waals surface area contributed by atoms with Gasteiger partial charge in [-0.05, 0) is 11.6 Å². The number of aliphatic hydroxyl groups is 2. The summed E-state index contributed by atoms with van der Waals surface area (Å²) in [6, 6.07) is 9.62. The number of rotatable bonds is 4. The predicted octanol–water partition coefficient (Wildman–Crippen LogP) is 0.513. The average molecular weight is 369 g/mol. The standard InChI is InChI=1S/C18H19N5O4/c19-18-21-16-15(17(26)22-18)20-13(7-6-10-4-2-1-3-5-10)23(16)14-8-11(25)12(9-24)27-14/h1-7,11-12,14,24-25H,8-9H2,(H3,19,21,22,26)/t11-,12+,14+/m0/s1. The van der Waals surface area contributed by atoms with Crippen LogP contribution < -0.4 is 11.3 Å². The van der Waals surface area contributed by atoms with E-state index in [1.807, 2.05) is 36.4 Å². The van der Waals surface area contributed by atoms with Gasteiger partial charge in [0.25, 0.3) is 5.56 Å². The van der Waals surface area contributed by atoms with Gasteiger partial charge in [-0.1, -0.05) is 36.4 Å². The Morgan fingerprint density at radius 3 is 2.78 bits per heavy atom. The number of imidazole rings is 1. The summed E-state index contributed by atoms with van der Waals surface area (Å²) in [6.45, 7) is -0.310. The molecule has 3 heterocycles. The number of ether oxygens (including phenoxy) is 1. The van der Waals surface area contributed by atoms with Crippen molar-refractivity contribution in [2.45, 2.75) is 24.9 Å². The van der Waals surface area contributed by atoms with Crippen molar-refractivity contribution in [3.63, 3.8) is 0 Å². The zero-order valence-electron chi connectivity index (χ0n) is 14.3. The molecule has 5 N–H and O–H groups in total. The Bertz CT molecular complexity index is 1040. The smallest absolute Gasteiger partial charge is 0.280 e. The molecule has 4 rings (SSSR count). The lowest BCUT2D eigenvalue weighted by atomic mass is 10.2. The largest absolute Gasteiger partial charge is 0.394 e. The first-order valence-corrected chi connectivity index (χ1v) is 8.52. The normalized spacial score (nSPS) is 22.8. The van der Waals surface area contributed by atoms with Gasteiger partial charge in [-0.2, -0.15) is 4.98 Å². The number of fused-ring (bicyclic) bond motifs is 1. The lowest BCUT2D eigenvalue weighted by Crippen LogP contribution is -2.24. The van der Waals surface area contributed by atoms with Crippen LogP contribution in [0.3, 0.4) is 0 Å². The van der Waals surface area contributed by atoms with Gasteiger partial charge in [0, 0.05) is 6.42 Å². The maximum atomic E-state index is 12.2. The van der Waals surface area contributed by atoms with Gasteiger partial charge in [-0.25, -0.2) is 4.98 Å². The Morgan fingerprint density at radius 1 is 1.30 bits per heavy atom. The van der Waals surface area contributed by atoms with Crippen LogP contribution in [0.15, 0.2) is 35.1 Å². The summed E-state index contributed by atoms with van der Waals surface area (Å²) in [5.41, 5.74) is 6.58. The lowest BCUT2D eigenvalue weighted by molar-refractivity contribution is -0.0433. The minimum atomic E-state index is -0.831. The van der Waals surface area contributed by atoms with Crippen LogP contribution in [-0.4, -0.2) is 48.5 Å². The number of nitrogens with two attached hydrogens (primary N) is 1. The molecule has 0 unspecified atom stereocenters. The number of aromatic nitrogens is 4. The van der Waals surface area contributed by atoms with Crippen LogP contribution in [-0.2, 0) is 4.74 Å². The molecule has 0 bridgehead atoms. The van der Waals surface area contributed by atoms with Gasteiger partial charge >= 0.3 is 0 Å². The SMILES string of the molecule is Nc1nc2c(nc(C=Cc3ccccc3)n2[C@H]2C[C@H](O)[C@@H](CO)O2)c(=O)[nH]1. The van der Waals surface area contributed by atoms with Crippen LogP contribution in [0.1, 0.15) is 24.0 Å². The van der Waals surface area contributed by atoms with Crippen molar-refractivity contribution < 1.29 is 14.9 Å². The quantitative estimate of drug-likeness (QED) is 0.525. The van der Waals surface area contributed by atoms with Crippen molar-refractivity contribution >= 4 is 29.3 Å². The van der Waals surface area contributed by atoms with Crippen molar-refractivity contribution in [1.29, 1.82) is 0 Å². The first kappa shape index (κ1) is 17.4. The third kappa shape index (κ3) is 3.23. The van der Waals surface area contributed by atoms with Gasteiger partial charge in [0.15, 0.2) is 11.2 Å². The number of H-pyrrole nitrogens is 1. The number of hydrogen-bond acceptors (Lipinski definition) is 7. The number of nitrogen functional groups attached to an aromatic ring is 1. The second-order valence-electron chi connectivity index (χ2n) is 6.32. The summed E-state index contributed by atoms with van der Waals surface area (Å²) in [5, 5.41) is 19.4. The summed E-state index contributed by atoms with van der Waals surface area (Å²) in [4.78, 5) is 23.2. The molecule has 1 fully saturated rings. The van der Waals surface area contributed by atoms with Crippen molar-refractivity contribution in [3.8, 4) is 0 Å².